The van der Waals surface area contributed by atoms with Crippen LogP contribution in [0, 0.1) is 0 Å². The van der Waals surface area contributed by atoms with E-state index in [9.17, 15) is 9.59 Å². The Labute approximate surface area is 142 Å². The molecule has 0 N–H and O–H groups in total. The summed E-state index contributed by atoms with van der Waals surface area (Å²) >= 11 is 0. The Balaban J connectivity index is 1.65. The molecular formula is C16H24N6O2. The Bertz CT molecular complexity index is 580. The molecule has 3 rings (SSSR count). The Morgan fingerprint density at radius 1 is 1.12 bits per heavy atom. The largest absolute Gasteiger partial charge is 0.342 e. The molecule has 0 spiro atoms. The van der Waals surface area contributed by atoms with Crippen molar-refractivity contribution in [3.05, 3.63) is 18.0 Å². The Morgan fingerprint density at radius 3 is 2.46 bits per heavy atom. The fraction of sp³-hybridized carbons (Fsp3) is 0.625. The first-order chi connectivity index (χ1) is 11.7. The summed E-state index contributed by atoms with van der Waals surface area (Å²) in [4.78, 5) is 40.2. The van der Waals surface area contributed by atoms with Crippen LogP contribution in [0.5, 0.6) is 0 Å². The molecule has 0 bridgehead atoms. The third-order valence-corrected chi connectivity index (χ3v) is 4.71. The fourth-order valence-electron chi connectivity index (χ4n) is 3.08. The van der Waals surface area contributed by atoms with E-state index in [0.29, 0.717) is 37.8 Å². The highest BCUT2D eigenvalue weighted by Crippen LogP contribution is 2.13. The monoisotopic (exact) mass is 332 g/mol. The van der Waals surface area contributed by atoms with E-state index >= 15 is 0 Å². The minimum atomic E-state index is -0.0269. The van der Waals surface area contributed by atoms with Crippen LogP contribution in [0.25, 0.3) is 0 Å². The number of likely N-dealkylation sites (N-methyl/N-ethyl adjacent to an activating group) is 1. The normalized spacial score (nSPS) is 19.5. The predicted molar refractivity (Wildman–Crippen MR) is 89.9 cm³/mol. The zero-order valence-corrected chi connectivity index (χ0v) is 14.1. The minimum Gasteiger partial charge on any atom is -0.342 e. The number of anilines is 1. The molecule has 8 nitrogen and oxygen atoms in total. The van der Waals surface area contributed by atoms with Gasteiger partial charge in [0.15, 0.2) is 0 Å². The van der Waals surface area contributed by atoms with E-state index in [1.165, 1.54) is 0 Å². The summed E-state index contributed by atoms with van der Waals surface area (Å²) in [5.41, 5.74) is 0.447. The van der Waals surface area contributed by atoms with Crippen LogP contribution in [-0.4, -0.2) is 95.9 Å². The lowest BCUT2D eigenvalue weighted by molar-refractivity contribution is -0.118. The lowest BCUT2D eigenvalue weighted by Crippen LogP contribution is -2.49. The second-order valence-corrected chi connectivity index (χ2v) is 6.10. The van der Waals surface area contributed by atoms with Crippen molar-refractivity contribution in [3.63, 3.8) is 0 Å². The highest BCUT2D eigenvalue weighted by atomic mass is 16.2. The number of hydrogen-bond donors (Lipinski definition) is 0. The average Bonchev–Trinajstić information content (AvgIpc) is 2.67. The summed E-state index contributed by atoms with van der Waals surface area (Å²) in [5, 5.41) is 0. The molecule has 1 aromatic heterocycles. The first kappa shape index (κ1) is 16.6. The van der Waals surface area contributed by atoms with Gasteiger partial charge in [0, 0.05) is 58.6 Å². The number of aromatic nitrogens is 2. The van der Waals surface area contributed by atoms with Crippen LogP contribution in [-0.2, 0) is 4.79 Å². The van der Waals surface area contributed by atoms with Gasteiger partial charge in [-0.25, -0.2) is 9.97 Å². The van der Waals surface area contributed by atoms with E-state index in [4.69, 9.17) is 0 Å². The van der Waals surface area contributed by atoms with Gasteiger partial charge < -0.3 is 19.6 Å². The van der Waals surface area contributed by atoms with Crippen LogP contribution in [0.15, 0.2) is 12.3 Å². The lowest BCUT2D eigenvalue weighted by atomic mass is 10.2. The van der Waals surface area contributed by atoms with E-state index in [-0.39, 0.29) is 5.91 Å². The van der Waals surface area contributed by atoms with Crippen LogP contribution in [0.1, 0.15) is 17.4 Å². The zero-order valence-electron chi connectivity index (χ0n) is 14.1. The summed E-state index contributed by atoms with van der Waals surface area (Å²) in [6.07, 6.45) is 2.51. The van der Waals surface area contributed by atoms with Crippen LogP contribution in [0.2, 0.25) is 0 Å². The molecule has 2 fully saturated rings. The topological polar surface area (TPSA) is 72.9 Å². The first-order valence-corrected chi connectivity index (χ1v) is 8.50. The molecule has 3 heterocycles. The van der Waals surface area contributed by atoms with E-state index in [0.717, 1.165) is 39.1 Å². The Morgan fingerprint density at radius 2 is 1.83 bits per heavy atom. The van der Waals surface area contributed by atoms with E-state index in [1.54, 1.807) is 17.2 Å². The highest BCUT2D eigenvalue weighted by Gasteiger charge is 2.24. The van der Waals surface area contributed by atoms with Gasteiger partial charge in [0.1, 0.15) is 5.69 Å². The summed E-state index contributed by atoms with van der Waals surface area (Å²) in [7, 11) is 0. The van der Waals surface area contributed by atoms with Crippen molar-refractivity contribution in [3.8, 4) is 0 Å². The average molecular weight is 332 g/mol. The summed E-state index contributed by atoms with van der Waals surface area (Å²) < 4.78 is 0. The molecular weight excluding hydrogens is 308 g/mol. The van der Waals surface area contributed by atoms with Crippen LogP contribution >= 0.6 is 0 Å². The van der Waals surface area contributed by atoms with Gasteiger partial charge in [-0.2, -0.15) is 0 Å². The molecule has 2 aliphatic rings. The summed E-state index contributed by atoms with van der Waals surface area (Å²) in [5.74, 6) is 0.541. The zero-order chi connectivity index (χ0) is 16.9. The highest BCUT2D eigenvalue weighted by molar-refractivity contribution is 5.92. The van der Waals surface area contributed by atoms with Gasteiger partial charge in [0.2, 0.25) is 12.4 Å². The van der Waals surface area contributed by atoms with Crippen molar-refractivity contribution < 1.29 is 9.59 Å². The first-order valence-electron chi connectivity index (χ1n) is 8.50. The molecule has 8 heteroatoms. The standard InChI is InChI=1S/C16H24N6O2/c1-2-19-5-9-21(10-6-19)15(24)14-3-4-17-16(18-14)22-11-7-20(13-23)8-12-22/h3-4,13H,2,5-12H2,1H3. The van der Waals surface area contributed by atoms with Crippen molar-refractivity contribution in [1.29, 1.82) is 0 Å². The minimum absolute atomic E-state index is 0.0269. The quantitative estimate of drug-likeness (QED) is 0.694. The number of carbonyl (C=O) groups is 2. The number of carbonyl (C=O) groups excluding carboxylic acids is 2. The summed E-state index contributed by atoms with van der Waals surface area (Å²) in [6.45, 7) is 9.14. The molecule has 0 radical (unpaired) electrons. The molecule has 2 aliphatic heterocycles. The lowest BCUT2D eigenvalue weighted by Gasteiger charge is -2.34. The van der Waals surface area contributed by atoms with Crippen LogP contribution in [0.3, 0.4) is 0 Å². The van der Waals surface area contributed by atoms with Crippen molar-refractivity contribution in [2.75, 3.05) is 63.8 Å². The predicted octanol–water partition coefficient (Wildman–Crippen LogP) is -0.467. The van der Waals surface area contributed by atoms with Gasteiger partial charge in [0.05, 0.1) is 0 Å². The third kappa shape index (κ3) is 3.64. The maximum atomic E-state index is 12.7. The number of rotatable bonds is 4. The maximum absolute atomic E-state index is 12.7. The molecule has 0 aromatic carbocycles. The number of nitrogens with zero attached hydrogens (tertiary/aromatic N) is 6. The van der Waals surface area contributed by atoms with Gasteiger partial charge in [0.25, 0.3) is 5.91 Å². The molecule has 0 atom stereocenters. The molecule has 0 aliphatic carbocycles. The number of piperazine rings is 2. The van der Waals surface area contributed by atoms with Gasteiger partial charge >= 0.3 is 0 Å². The van der Waals surface area contributed by atoms with Gasteiger partial charge in [-0.05, 0) is 12.6 Å². The molecule has 2 amide bonds. The number of amides is 2. The van der Waals surface area contributed by atoms with E-state index in [1.807, 2.05) is 9.80 Å². The fourth-order valence-corrected chi connectivity index (χ4v) is 3.08. The molecule has 0 saturated carbocycles. The SMILES string of the molecule is CCN1CCN(C(=O)c2ccnc(N3CCN(C=O)CC3)n2)CC1. The van der Waals surface area contributed by atoms with Crippen molar-refractivity contribution in [2.24, 2.45) is 0 Å². The smallest absolute Gasteiger partial charge is 0.272 e. The number of hydrogen-bond acceptors (Lipinski definition) is 6. The second-order valence-electron chi connectivity index (χ2n) is 6.10. The summed E-state index contributed by atoms with van der Waals surface area (Å²) in [6, 6.07) is 1.68. The molecule has 2 saturated heterocycles. The van der Waals surface area contributed by atoms with E-state index < -0.39 is 0 Å². The van der Waals surface area contributed by atoms with Crippen LogP contribution < -0.4 is 4.90 Å². The van der Waals surface area contributed by atoms with Crippen molar-refractivity contribution >= 4 is 18.3 Å². The Hall–Kier alpha value is -2.22. The van der Waals surface area contributed by atoms with Crippen molar-refractivity contribution in [1.82, 2.24) is 24.7 Å². The second kappa shape index (κ2) is 7.57. The van der Waals surface area contributed by atoms with Gasteiger partial charge in [-0.1, -0.05) is 6.92 Å². The van der Waals surface area contributed by atoms with E-state index in [2.05, 4.69) is 21.8 Å². The van der Waals surface area contributed by atoms with Crippen molar-refractivity contribution in [2.45, 2.75) is 6.92 Å². The van der Waals surface area contributed by atoms with Crippen LogP contribution in [0.4, 0.5) is 5.95 Å². The molecule has 1 aromatic rings. The molecule has 0 unspecified atom stereocenters. The maximum Gasteiger partial charge on any atom is 0.272 e. The Kier molecular flexibility index (Phi) is 5.24. The van der Waals surface area contributed by atoms with Gasteiger partial charge in [-0.3, -0.25) is 9.59 Å². The molecule has 24 heavy (non-hydrogen) atoms. The van der Waals surface area contributed by atoms with Gasteiger partial charge in [-0.15, -0.1) is 0 Å². The third-order valence-electron chi connectivity index (χ3n) is 4.71. The molecule has 130 valence electrons.